The second-order valence-electron chi connectivity index (χ2n) is 4.85. The fraction of sp³-hybridized carbons (Fsp3) is 0.294. The number of benzene rings is 1. The van der Waals surface area contributed by atoms with Gasteiger partial charge in [-0.3, -0.25) is 9.59 Å². The Bertz CT molecular complexity index is 642. The number of nitrogens with one attached hydrogen (secondary N) is 2. The first-order valence-corrected chi connectivity index (χ1v) is 7.42. The maximum absolute atomic E-state index is 11.9. The van der Waals surface area contributed by atoms with E-state index in [9.17, 15) is 19.2 Å². The molecule has 2 N–H and O–H groups in total. The molecule has 2 amide bonds. The summed E-state index contributed by atoms with van der Waals surface area (Å²) in [5.41, 5.74) is 0.417. The van der Waals surface area contributed by atoms with Gasteiger partial charge >= 0.3 is 11.9 Å². The van der Waals surface area contributed by atoms with Gasteiger partial charge in [0.05, 0.1) is 20.8 Å². The molecule has 0 aromatic heterocycles. The molecule has 8 heteroatoms. The molecule has 1 aromatic carbocycles. The third kappa shape index (κ3) is 7.30. The summed E-state index contributed by atoms with van der Waals surface area (Å²) in [6.45, 7) is -0.304. The summed E-state index contributed by atoms with van der Waals surface area (Å²) in [6.07, 6.45) is 2.57. The van der Waals surface area contributed by atoms with Crippen LogP contribution in [0.5, 0.6) is 0 Å². The van der Waals surface area contributed by atoms with Gasteiger partial charge in [-0.1, -0.05) is 24.3 Å². The summed E-state index contributed by atoms with van der Waals surface area (Å²) in [6, 6.07) is 7.43. The maximum atomic E-state index is 11.9. The van der Waals surface area contributed by atoms with Gasteiger partial charge in [0.1, 0.15) is 6.04 Å². The number of carbonyl (C=O) groups is 4. The Morgan fingerprint density at radius 3 is 2.36 bits per heavy atom. The Morgan fingerprint density at radius 1 is 1.08 bits per heavy atom. The highest BCUT2D eigenvalue weighted by molar-refractivity contribution is 5.96. The Hall–Kier alpha value is -3.16. The molecule has 8 nitrogen and oxygen atoms in total. The molecule has 0 aliphatic rings. The van der Waals surface area contributed by atoms with Gasteiger partial charge in [0.2, 0.25) is 5.91 Å². The Morgan fingerprint density at radius 2 is 1.76 bits per heavy atom. The molecule has 1 rings (SSSR count). The van der Waals surface area contributed by atoms with E-state index in [2.05, 4.69) is 20.1 Å². The molecule has 0 aliphatic carbocycles. The van der Waals surface area contributed by atoms with Crippen LogP contribution in [0.1, 0.15) is 16.8 Å². The van der Waals surface area contributed by atoms with E-state index in [-0.39, 0.29) is 13.0 Å². The average Bonchev–Trinajstić information content (AvgIpc) is 2.65. The fourth-order valence-corrected chi connectivity index (χ4v) is 1.82. The van der Waals surface area contributed by atoms with Crippen LogP contribution in [0.15, 0.2) is 42.5 Å². The van der Waals surface area contributed by atoms with Crippen LogP contribution in [0.4, 0.5) is 0 Å². The molecular formula is C17H20N2O6. The van der Waals surface area contributed by atoms with E-state index in [1.54, 1.807) is 30.3 Å². The molecule has 25 heavy (non-hydrogen) atoms. The van der Waals surface area contributed by atoms with Crippen molar-refractivity contribution in [2.45, 2.75) is 12.5 Å². The minimum atomic E-state index is -0.980. The minimum Gasteiger partial charge on any atom is -0.467 e. The van der Waals surface area contributed by atoms with Gasteiger partial charge in [-0.05, 0) is 18.6 Å². The molecule has 0 saturated heterocycles. The highest BCUT2D eigenvalue weighted by Gasteiger charge is 2.20. The van der Waals surface area contributed by atoms with Crippen molar-refractivity contribution in [1.29, 1.82) is 0 Å². The smallest absolute Gasteiger partial charge is 0.330 e. The van der Waals surface area contributed by atoms with E-state index in [1.807, 2.05) is 0 Å². The van der Waals surface area contributed by atoms with E-state index in [1.165, 1.54) is 20.3 Å². The van der Waals surface area contributed by atoms with Gasteiger partial charge < -0.3 is 20.1 Å². The SMILES string of the molecule is COC(=O)/C=C/C[C@H](NC(=O)CNC(=O)c1ccccc1)C(=O)OC. The quantitative estimate of drug-likeness (QED) is 0.513. The molecule has 0 fully saturated rings. The summed E-state index contributed by atoms with van der Waals surface area (Å²) in [5.74, 6) is -2.22. The summed E-state index contributed by atoms with van der Waals surface area (Å²) < 4.78 is 9.03. The van der Waals surface area contributed by atoms with Gasteiger partial charge in [0.25, 0.3) is 5.91 Å². The number of ether oxygens (including phenoxy) is 2. The van der Waals surface area contributed by atoms with Crippen LogP contribution in [0.3, 0.4) is 0 Å². The van der Waals surface area contributed by atoms with E-state index in [0.717, 1.165) is 6.08 Å². The number of amides is 2. The number of hydrogen-bond acceptors (Lipinski definition) is 6. The average molecular weight is 348 g/mol. The van der Waals surface area contributed by atoms with Crippen LogP contribution in [-0.2, 0) is 23.9 Å². The van der Waals surface area contributed by atoms with Crippen molar-refractivity contribution in [3.8, 4) is 0 Å². The van der Waals surface area contributed by atoms with Crippen LogP contribution < -0.4 is 10.6 Å². The van der Waals surface area contributed by atoms with Gasteiger partial charge in [-0.15, -0.1) is 0 Å². The predicted molar refractivity (Wildman–Crippen MR) is 88.5 cm³/mol. The fourth-order valence-electron chi connectivity index (χ4n) is 1.82. The Kier molecular flexibility index (Phi) is 8.42. The molecular weight excluding hydrogens is 328 g/mol. The lowest BCUT2D eigenvalue weighted by atomic mass is 10.2. The third-order valence-electron chi connectivity index (χ3n) is 3.09. The molecule has 0 bridgehead atoms. The normalized spacial score (nSPS) is 11.4. The summed E-state index contributed by atoms with van der Waals surface area (Å²) in [7, 11) is 2.41. The van der Waals surface area contributed by atoms with Crippen molar-refractivity contribution in [3.05, 3.63) is 48.0 Å². The van der Waals surface area contributed by atoms with Crippen molar-refractivity contribution in [1.82, 2.24) is 10.6 Å². The number of methoxy groups -OCH3 is 2. The van der Waals surface area contributed by atoms with Crippen LogP contribution in [0, 0.1) is 0 Å². The third-order valence-corrected chi connectivity index (χ3v) is 3.09. The highest BCUT2D eigenvalue weighted by atomic mass is 16.5. The Labute approximate surface area is 145 Å². The first-order chi connectivity index (χ1) is 12.0. The summed E-state index contributed by atoms with van der Waals surface area (Å²) in [4.78, 5) is 46.5. The topological polar surface area (TPSA) is 111 Å². The first-order valence-electron chi connectivity index (χ1n) is 7.42. The lowest BCUT2D eigenvalue weighted by molar-refractivity contribution is -0.144. The van der Waals surface area contributed by atoms with E-state index in [4.69, 9.17) is 0 Å². The molecule has 0 spiro atoms. The second kappa shape index (κ2) is 10.6. The van der Waals surface area contributed by atoms with Gasteiger partial charge in [0, 0.05) is 11.6 Å². The second-order valence-corrected chi connectivity index (χ2v) is 4.85. The molecule has 0 heterocycles. The number of hydrogen-bond donors (Lipinski definition) is 2. The predicted octanol–water partition coefficient (Wildman–Crippen LogP) is 0.194. The molecule has 0 unspecified atom stereocenters. The minimum absolute atomic E-state index is 0.0418. The number of rotatable bonds is 8. The zero-order valence-electron chi connectivity index (χ0n) is 14.0. The van der Waals surface area contributed by atoms with Gasteiger partial charge in [0.15, 0.2) is 0 Å². The van der Waals surface area contributed by atoms with Crippen LogP contribution in [0.2, 0.25) is 0 Å². The standard InChI is InChI=1S/C17H20N2O6/c1-24-15(21)10-6-9-13(17(23)25-2)19-14(20)11-18-16(22)12-7-4-3-5-8-12/h3-8,10,13H,9,11H2,1-2H3,(H,18,22)(H,19,20)/b10-6+/t13-/m0/s1. The van der Waals surface area contributed by atoms with E-state index < -0.39 is 29.8 Å². The maximum Gasteiger partial charge on any atom is 0.330 e. The van der Waals surface area contributed by atoms with Crippen molar-refractivity contribution < 1.29 is 28.7 Å². The van der Waals surface area contributed by atoms with E-state index >= 15 is 0 Å². The molecule has 134 valence electrons. The van der Waals surface area contributed by atoms with Crippen LogP contribution >= 0.6 is 0 Å². The van der Waals surface area contributed by atoms with Gasteiger partial charge in [-0.25, -0.2) is 9.59 Å². The van der Waals surface area contributed by atoms with Crippen molar-refractivity contribution in [3.63, 3.8) is 0 Å². The Balaban J connectivity index is 2.54. The molecule has 0 radical (unpaired) electrons. The summed E-state index contributed by atoms with van der Waals surface area (Å²) >= 11 is 0. The molecule has 1 atom stereocenters. The summed E-state index contributed by atoms with van der Waals surface area (Å²) in [5, 5.41) is 4.88. The first kappa shape index (κ1) is 19.9. The molecule has 1 aromatic rings. The lowest BCUT2D eigenvalue weighted by Gasteiger charge is -2.15. The van der Waals surface area contributed by atoms with Gasteiger partial charge in [-0.2, -0.15) is 0 Å². The highest BCUT2D eigenvalue weighted by Crippen LogP contribution is 1.99. The number of esters is 2. The number of carbonyl (C=O) groups excluding carboxylic acids is 4. The largest absolute Gasteiger partial charge is 0.467 e. The zero-order valence-corrected chi connectivity index (χ0v) is 14.0. The van der Waals surface area contributed by atoms with Crippen molar-refractivity contribution in [2.75, 3.05) is 20.8 Å². The van der Waals surface area contributed by atoms with Crippen molar-refractivity contribution in [2.24, 2.45) is 0 Å². The van der Waals surface area contributed by atoms with Crippen LogP contribution in [-0.4, -0.2) is 50.6 Å². The van der Waals surface area contributed by atoms with Crippen LogP contribution in [0.25, 0.3) is 0 Å². The lowest BCUT2D eigenvalue weighted by Crippen LogP contribution is -2.45. The van der Waals surface area contributed by atoms with Crippen molar-refractivity contribution >= 4 is 23.8 Å². The molecule has 0 saturated carbocycles. The van der Waals surface area contributed by atoms with E-state index in [0.29, 0.717) is 5.56 Å². The zero-order chi connectivity index (χ0) is 18.7. The monoisotopic (exact) mass is 348 g/mol. The molecule has 0 aliphatic heterocycles.